The number of carbonyl (C=O) groups excluding carboxylic acids is 2. The van der Waals surface area contributed by atoms with Gasteiger partial charge in [0.05, 0.1) is 5.92 Å². The Hall–Kier alpha value is -2.82. The van der Waals surface area contributed by atoms with Gasteiger partial charge in [-0.05, 0) is 43.2 Å². The Morgan fingerprint density at radius 3 is 2.63 bits per heavy atom. The summed E-state index contributed by atoms with van der Waals surface area (Å²) in [6.45, 7) is 5.77. The topological polar surface area (TPSA) is 52.7 Å². The molecule has 142 valence electrons. The molecule has 27 heavy (non-hydrogen) atoms. The van der Waals surface area contributed by atoms with Crippen LogP contribution in [0.4, 0.5) is 11.4 Å². The molecule has 1 aliphatic heterocycles. The van der Waals surface area contributed by atoms with Crippen LogP contribution in [0.1, 0.15) is 17.5 Å². The van der Waals surface area contributed by atoms with Crippen LogP contribution in [0.2, 0.25) is 0 Å². The van der Waals surface area contributed by atoms with E-state index in [2.05, 4.69) is 10.2 Å². The lowest BCUT2D eigenvalue weighted by Crippen LogP contribution is -2.37. The van der Waals surface area contributed by atoms with Gasteiger partial charge in [0.2, 0.25) is 11.8 Å². The number of amides is 2. The van der Waals surface area contributed by atoms with Gasteiger partial charge in [-0.1, -0.05) is 30.3 Å². The Bertz CT molecular complexity index is 820. The predicted molar refractivity (Wildman–Crippen MR) is 109 cm³/mol. The molecule has 0 bridgehead atoms. The largest absolute Gasteiger partial charge is 0.373 e. The minimum Gasteiger partial charge on any atom is -0.373 e. The third-order valence-electron chi connectivity index (χ3n) is 5.31. The summed E-state index contributed by atoms with van der Waals surface area (Å²) < 4.78 is 0. The van der Waals surface area contributed by atoms with Crippen molar-refractivity contribution >= 4 is 23.2 Å². The smallest absolute Gasteiger partial charge is 0.227 e. The van der Waals surface area contributed by atoms with Gasteiger partial charge in [-0.3, -0.25) is 9.59 Å². The average Bonchev–Trinajstić information content (AvgIpc) is 3.06. The molecule has 0 saturated carbocycles. The molecule has 0 aliphatic carbocycles. The van der Waals surface area contributed by atoms with Gasteiger partial charge in [-0.15, -0.1) is 0 Å². The Balaban J connectivity index is 1.54. The number of para-hydroxylation sites is 1. The number of anilines is 2. The molecule has 5 nitrogen and oxygen atoms in total. The number of nitrogens with zero attached hydrogens (tertiary/aromatic N) is 2. The summed E-state index contributed by atoms with van der Waals surface area (Å²) in [6, 6.07) is 16.0. The maximum atomic E-state index is 12.5. The van der Waals surface area contributed by atoms with E-state index in [4.69, 9.17) is 0 Å². The molecule has 2 amide bonds. The first kappa shape index (κ1) is 19.0. The fourth-order valence-corrected chi connectivity index (χ4v) is 3.45. The van der Waals surface area contributed by atoms with Gasteiger partial charge in [-0.25, -0.2) is 0 Å². The lowest BCUT2D eigenvalue weighted by molar-refractivity contribution is -0.126. The monoisotopic (exact) mass is 365 g/mol. The summed E-state index contributed by atoms with van der Waals surface area (Å²) in [5, 5.41) is 2.98. The number of hydrogen-bond acceptors (Lipinski definition) is 3. The molecule has 1 saturated heterocycles. The van der Waals surface area contributed by atoms with Gasteiger partial charge in [0.1, 0.15) is 0 Å². The van der Waals surface area contributed by atoms with Gasteiger partial charge < -0.3 is 15.1 Å². The molecule has 3 rings (SSSR count). The van der Waals surface area contributed by atoms with Crippen LogP contribution in [-0.4, -0.2) is 38.5 Å². The first-order valence-electron chi connectivity index (χ1n) is 9.38. The number of hydrogen-bond donors (Lipinski definition) is 1. The average molecular weight is 365 g/mol. The van der Waals surface area contributed by atoms with E-state index < -0.39 is 0 Å². The van der Waals surface area contributed by atoms with Crippen molar-refractivity contribution in [3.05, 3.63) is 59.7 Å². The fraction of sp³-hybridized carbons (Fsp3) is 0.364. The third-order valence-corrected chi connectivity index (χ3v) is 5.31. The quantitative estimate of drug-likeness (QED) is 0.856. The first-order valence-corrected chi connectivity index (χ1v) is 9.38. The van der Waals surface area contributed by atoms with Crippen molar-refractivity contribution in [2.75, 3.05) is 36.5 Å². The van der Waals surface area contributed by atoms with Gasteiger partial charge in [0, 0.05) is 44.5 Å². The lowest BCUT2D eigenvalue weighted by Gasteiger charge is -2.21. The third kappa shape index (κ3) is 4.30. The zero-order valence-corrected chi connectivity index (χ0v) is 16.2. The van der Waals surface area contributed by atoms with Crippen molar-refractivity contribution < 1.29 is 9.59 Å². The molecule has 1 aliphatic rings. The molecule has 2 aromatic carbocycles. The van der Waals surface area contributed by atoms with Crippen LogP contribution >= 0.6 is 0 Å². The normalized spacial score (nSPS) is 16.5. The highest BCUT2D eigenvalue weighted by Gasteiger charge is 2.35. The number of benzene rings is 2. The van der Waals surface area contributed by atoms with Crippen molar-refractivity contribution in [1.82, 2.24) is 5.32 Å². The summed E-state index contributed by atoms with van der Waals surface area (Å²) >= 11 is 0. The Morgan fingerprint density at radius 1 is 1.15 bits per heavy atom. The Morgan fingerprint density at radius 2 is 1.89 bits per heavy atom. The molecular formula is C22H27N3O2. The molecular weight excluding hydrogens is 338 g/mol. The van der Waals surface area contributed by atoms with Crippen LogP contribution in [-0.2, 0) is 9.59 Å². The van der Waals surface area contributed by atoms with E-state index in [1.54, 1.807) is 4.90 Å². The molecule has 0 aromatic heterocycles. The number of nitrogens with one attached hydrogen (secondary N) is 1. The second kappa shape index (κ2) is 8.25. The molecule has 1 unspecified atom stereocenters. The summed E-state index contributed by atoms with van der Waals surface area (Å²) in [5.74, 6) is -0.317. The first-order chi connectivity index (χ1) is 13.0. The van der Waals surface area contributed by atoms with E-state index in [0.717, 1.165) is 29.0 Å². The van der Waals surface area contributed by atoms with Gasteiger partial charge in [0.15, 0.2) is 0 Å². The Kier molecular flexibility index (Phi) is 5.79. The molecule has 1 fully saturated rings. The number of aryl methyl sites for hydroxylation is 1. The standard InChI is InChI=1S/C22H27N3O2/c1-16-8-7-11-20(17(16)2)25-15-18(14-21(25)26)22(27)23-12-13-24(3)19-9-5-4-6-10-19/h4-11,18H,12-15H2,1-3H3,(H,23,27). The minimum absolute atomic E-state index is 0.0188. The fourth-order valence-electron chi connectivity index (χ4n) is 3.45. The number of likely N-dealkylation sites (N-methyl/N-ethyl adjacent to an activating group) is 1. The summed E-state index contributed by atoms with van der Waals surface area (Å²) in [5.41, 5.74) is 4.27. The highest BCUT2D eigenvalue weighted by Crippen LogP contribution is 2.29. The van der Waals surface area contributed by atoms with Gasteiger partial charge >= 0.3 is 0 Å². The van der Waals surface area contributed by atoms with Crippen molar-refractivity contribution in [2.24, 2.45) is 5.92 Å². The van der Waals surface area contributed by atoms with Crippen LogP contribution < -0.4 is 15.1 Å². The molecule has 0 spiro atoms. The SMILES string of the molecule is Cc1cccc(N2CC(C(=O)NCCN(C)c3ccccc3)CC2=O)c1C. The van der Waals surface area contributed by atoms with Gasteiger partial charge in [-0.2, -0.15) is 0 Å². The Labute approximate surface area is 161 Å². The van der Waals surface area contributed by atoms with Crippen LogP contribution in [0.25, 0.3) is 0 Å². The zero-order chi connectivity index (χ0) is 19.4. The van der Waals surface area contributed by atoms with Crippen molar-refractivity contribution in [1.29, 1.82) is 0 Å². The lowest BCUT2D eigenvalue weighted by atomic mass is 10.1. The number of rotatable bonds is 6. The summed E-state index contributed by atoms with van der Waals surface area (Å²) in [6.07, 6.45) is 0.272. The summed E-state index contributed by atoms with van der Waals surface area (Å²) in [7, 11) is 2.00. The second-order valence-corrected chi connectivity index (χ2v) is 7.17. The van der Waals surface area contributed by atoms with Crippen LogP contribution in [0.5, 0.6) is 0 Å². The van der Waals surface area contributed by atoms with E-state index >= 15 is 0 Å². The molecule has 1 N–H and O–H groups in total. The zero-order valence-electron chi connectivity index (χ0n) is 16.2. The summed E-state index contributed by atoms with van der Waals surface area (Å²) in [4.78, 5) is 28.8. The maximum Gasteiger partial charge on any atom is 0.227 e. The second-order valence-electron chi connectivity index (χ2n) is 7.17. The maximum absolute atomic E-state index is 12.5. The highest BCUT2D eigenvalue weighted by atomic mass is 16.2. The van der Waals surface area contributed by atoms with Crippen molar-refractivity contribution in [2.45, 2.75) is 20.3 Å². The van der Waals surface area contributed by atoms with E-state index in [1.807, 2.05) is 69.4 Å². The van der Waals surface area contributed by atoms with E-state index in [9.17, 15) is 9.59 Å². The van der Waals surface area contributed by atoms with Crippen molar-refractivity contribution in [3.8, 4) is 0 Å². The highest BCUT2D eigenvalue weighted by molar-refractivity contribution is 6.00. The van der Waals surface area contributed by atoms with Crippen molar-refractivity contribution in [3.63, 3.8) is 0 Å². The molecule has 1 heterocycles. The molecule has 5 heteroatoms. The van der Waals surface area contributed by atoms with E-state index in [0.29, 0.717) is 13.1 Å². The molecule has 0 radical (unpaired) electrons. The number of carbonyl (C=O) groups is 2. The predicted octanol–water partition coefficient (Wildman–Crippen LogP) is 2.91. The van der Waals surface area contributed by atoms with E-state index in [1.165, 1.54) is 0 Å². The molecule has 1 atom stereocenters. The van der Waals surface area contributed by atoms with Crippen LogP contribution in [0.3, 0.4) is 0 Å². The van der Waals surface area contributed by atoms with Gasteiger partial charge in [0.25, 0.3) is 0 Å². The molecule has 2 aromatic rings. The minimum atomic E-state index is -0.292. The van der Waals surface area contributed by atoms with E-state index in [-0.39, 0.29) is 24.2 Å². The van der Waals surface area contributed by atoms with Crippen LogP contribution in [0.15, 0.2) is 48.5 Å². The van der Waals surface area contributed by atoms with Crippen LogP contribution in [0, 0.1) is 19.8 Å².